The summed E-state index contributed by atoms with van der Waals surface area (Å²) in [5.41, 5.74) is 5.49. The average molecular weight is 307 g/mol. The first kappa shape index (κ1) is 14.1. The van der Waals surface area contributed by atoms with Crippen molar-refractivity contribution in [2.24, 2.45) is 5.73 Å². The van der Waals surface area contributed by atoms with Gasteiger partial charge in [-0.1, -0.05) is 13.3 Å². The number of hydrogen-bond donors (Lipinski definition) is 2. The molecular formula is C11H13BrF2N2O. The first-order valence-electron chi connectivity index (χ1n) is 5.16. The van der Waals surface area contributed by atoms with Crippen LogP contribution in [0.25, 0.3) is 0 Å². The Balaban J connectivity index is 2.85. The molecule has 0 aliphatic rings. The summed E-state index contributed by atoms with van der Waals surface area (Å²) < 4.78 is 26.4. The fourth-order valence-electron chi connectivity index (χ4n) is 1.32. The van der Waals surface area contributed by atoms with Gasteiger partial charge in [-0.25, -0.2) is 8.78 Å². The number of nitrogens with one attached hydrogen (secondary N) is 1. The number of carbonyl (C=O) groups is 1. The van der Waals surface area contributed by atoms with Crippen molar-refractivity contribution in [3.05, 3.63) is 28.2 Å². The standard InChI is InChI=1S/C11H13BrF2N2O/c1-2-3-9(15)11(17)16-10-7(12)4-6(13)5-8(10)14/h4-5,9H,2-3,15H2,1H3,(H,16,17)/t9-/m0/s1. The molecule has 3 nitrogen and oxygen atoms in total. The van der Waals surface area contributed by atoms with Crippen LogP contribution in [0.4, 0.5) is 14.5 Å². The van der Waals surface area contributed by atoms with Gasteiger partial charge in [-0.05, 0) is 28.4 Å². The van der Waals surface area contributed by atoms with Crippen LogP contribution < -0.4 is 11.1 Å². The van der Waals surface area contributed by atoms with Crippen molar-refractivity contribution >= 4 is 27.5 Å². The number of amides is 1. The molecule has 1 rings (SSSR count). The third kappa shape index (κ3) is 3.74. The van der Waals surface area contributed by atoms with E-state index in [4.69, 9.17) is 5.73 Å². The number of halogens is 3. The van der Waals surface area contributed by atoms with Gasteiger partial charge in [0.1, 0.15) is 5.82 Å². The van der Waals surface area contributed by atoms with E-state index < -0.39 is 23.6 Å². The summed E-state index contributed by atoms with van der Waals surface area (Å²) in [4.78, 5) is 11.6. The molecule has 0 saturated heterocycles. The molecule has 1 amide bonds. The summed E-state index contributed by atoms with van der Waals surface area (Å²) in [5, 5.41) is 2.34. The zero-order valence-corrected chi connectivity index (χ0v) is 10.9. The number of hydrogen-bond acceptors (Lipinski definition) is 2. The van der Waals surface area contributed by atoms with E-state index in [1.54, 1.807) is 0 Å². The summed E-state index contributed by atoms with van der Waals surface area (Å²) in [7, 11) is 0. The summed E-state index contributed by atoms with van der Waals surface area (Å²) in [6.45, 7) is 1.89. The lowest BCUT2D eigenvalue weighted by atomic mass is 10.1. The van der Waals surface area contributed by atoms with Gasteiger partial charge in [-0.3, -0.25) is 4.79 Å². The van der Waals surface area contributed by atoms with Gasteiger partial charge < -0.3 is 11.1 Å². The first-order valence-corrected chi connectivity index (χ1v) is 5.96. The Morgan fingerprint density at radius 3 is 2.71 bits per heavy atom. The number of nitrogens with two attached hydrogens (primary N) is 1. The molecule has 0 radical (unpaired) electrons. The summed E-state index contributed by atoms with van der Waals surface area (Å²) in [6, 6.07) is 1.08. The highest BCUT2D eigenvalue weighted by Crippen LogP contribution is 2.26. The molecular weight excluding hydrogens is 294 g/mol. The van der Waals surface area contributed by atoms with Crippen molar-refractivity contribution in [2.45, 2.75) is 25.8 Å². The van der Waals surface area contributed by atoms with Crippen LogP contribution in [0, 0.1) is 11.6 Å². The van der Waals surface area contributed by atoms with Crippen molar-refractivity contribution in [2.75, 3.05) is 5.32 Å². The molecule has 1 aromatic rings. The van der Waals surface area contributed by atoms with Crippen molar-refractivity contribution in [3.8, 4) is 0 Å². The lowest BCUT2D eigenvalue weighted by Crippen LogP contribution is -2.35. The average Bonchev–Trinajstić information content (AvgIpc) is 2.23. The normalized spacial score (nSPS) is 12.3. The van der Waals surface area contributed by atoms with Gasteiger partial charge in [0.25, 0.3) is 0 Å². The number of anilines is 1. The van der Waals surface area contributed by atoms with Gasteiger partial charge in [0.15, 0.2) is 5.82 Å². The molecule has 0 spiro atoms. The van der Waals surface area contributed by atoms with Crippen molar-refractivity contribution < 1.29 is 13.6 Å². The minimum atomic E-state index is -0.839. The molecule has 0 aliphatic carbocycles. The molecule has 0 heterocycles. The Morgan fingerprint density at radius 2 is 2.18 bits per heavy atom. The van der Waals surface area contributed by atoms with Crippen LogP contribution >= 0.6 is 15.9 Å². The zero-order valence-electron chi connectivity index (χ0n) is 9.27. The van der Waals surface area contributed by atoms with Crippen molar-refractivity contribution in [1.29, 1.82) is 0 Å². The summed E-state index contributed by atoms with van der Waals surface area (Å²) in [5.74, 6) is -2.04. The van der Waals surface area contributed by atoms with Gasteiger partial charge in [0.05, 0.1) is 11.7 Å². The Labute approximate surface area is 107 Å². The molecule has 0 aromatic heterocycles. The second-order valence-corrected chi connectivity index (χ2v) is 4.48. The molecule has 6 heteroatoms. The second-order valence-electron chi connectivity index (χ2n) is 3.63. The molecule has 0 bridgehead atoms. The smallest absolute Gasteiger partial charge is 0.241 e. The predicted octanol–water partition coefficient (Wildman–Crippen LogP) is 2.79. The third-order valence-corrected chi connectivity index (χ3v) is 2.82. The Kier molecular flexibility index (Phi) is 5.02. The lowest BCUT2D eigenvalue weighted by molar-refractivity contribution is -0.117. The Morgan fingerprint density at radius 1 is 1.53 bits per heavy atom. The first-order chi connectivity index (χ1) is 7.95. The number of benzene rings is 1. The van der Waals surface area contributed by atoms with E-state index in [9.17, 15) is 13.6 Å². The molecule has 17 heavy (non-hydrogen) atoms. The maximum absolute atomic E-state index is 13.4. The third-order valence-electron chi connectivity index (χ3n) is 2.19. The van der Waals surface area contributed by atoms with Crippen molar-refractivity contribution in [3.63, 3.8) is 0 Å². The van der Waals surface area contributed by atoms with E-state index in [0.717, 1.165) is 12.5 Å². The monoisotopic (exact) mass is 306 g/mol. The van der Waals surface area contributed by atoms with Crippen LogP contribution in [0.1, 0.15) is 19.8 Å². The molecule has 3 N–H and O–H groups in total. The Bertz CT molecular complexity index is 403. The fourth-order valence-corrected chi connectivity index (χ4v) is 1.83. The predicted molar refractivity (Wildman–Crippen MR) is 65.6 cm³/mol. The van der Waals surface area contributed by atoms with Gasteiger partial charge in [-0.2, -0.15) is 0 Å². The van der Waals surface area contributed by atoms with E-state index in [-0.39, 0.29) is 10.2 Å². The molecule has 94 valence electrons. The zero-order chi connectivity index (χ0) is 13.0. The van der Waals surface area contributed by atoms with E-state index >= 15 is 0 Å². The molecule has 0 fully saturated rings. The van der Waals surface area contributed by atoms with E-state index in [1.807, 2.05) is 6.92 Å². The maximum Gasteiger partial charge on any atom is 0.241 e. The number of carbonyl (C=O) groups excluding carboxylic acids is 1. The van der Waals surface area contributed by atoms with Gasteiger partial charge >= 0.3 is 0 Å². The minimum absolute atomic E-state index is 0.0945. The van der Waals surface area contributed by atoms with Crippen LogP contribution in [-0.4, -0.2) is 11.9 Å². The van der Waals surface area contributed by atoms with Crippen LogP contribution in [0.2, 0.25) is 0 Å². The minimum Gasteiger partial charge on any atom is -0.321 e. The molecule has 0 aliphatic heterocycles. The summed E-state index contributed by atoms with van der Waals surface area (Å²) >= 11 is 2.98. The van der Waals surface area contributed by atoms with E-state index in [1.165, 1.54) is 0 Å². The van der Waals surface area contributed by atoms with Crippen molar-refractivity contribution in [1.82, 2.24) is 0 Å². The highest BCUT2D eigenvalue weighted by atomic mass is 79.9. The SMILES string of the molecule is CCC[C@H](N)C(=O)Nc1c(F)cc(F)cc1Br. The van der Waals surface area contributed by atoms with E-state index in [0.29, 0.717) is 12.5 Å². The van der Waals surface area contributed by atoms with Crippen LogP contribution in [0.15, 0.2) is 16.6 Å². The lowest BCUT2D eigenvalue weighted by Gasteiger charge is -2.13. The van der Waals surface area contributed by atoms with Gasteiger partial charge in [-0.15, -0.1) is 0 Å². The van der Waals surface area contributed by atoms with Gasteiger partial charge in [0, 0.05) is 10.5 Å². The van der Waals surface area contributed by atoms with Gasteiger partial charge in [0.2, 0.25) is 5.91 Å². The summed E-state index contributed by atoms with van der Waals surface area (Å²) in [6.07, 6.45) is 1.26. The van der Waals surface area contributed by atoms with Crippen LogP contribution in [-0.2, 0) is 4.79 Å². The maximum atomic E-state index is 13.4. The molecule has 0 unspecified atom stereocenters. The topological polar surface area (TPSA) is 55.1 Å². The fraction of sp³-hybridized carbons (Fsp3) is 0.364. The Hall–Kier alpha value is -1.01. The molecule has 1 aromatic carbocycles. The van der Waals surface area contributed by atoms with E-state index in [2.05, 4.69) is 21.2 Å². The second kappa shape index (κ2) is 6.07. The molecule has 1 atom stereocenters. The largest absolute Gasteiger partial charge is 0.321 e. The quantitative estimate of drug-likeness (QED) is 0.898. The molecule has 0 saturated carbocycles. The number of rotatable bonds is 4. The van der Waals surface area contributed by atoms with Crippen LogP contribution in [0.5, 0.6) is 0 Å². The highest BCUT2D eigenvalue weighted by Gasteiger charge is 2.17. The highest BCUT2D eigenvalue weighted by molar-refractivity contribution is 9.10. The van der Waals surface area contributed by atoms with Crippen LogP contribution in [0.3, 0.4) is 0 Å².